The molecular weight excluding hydrogens is 284 g/mol. The number of ether oxygens (including phenoxy) is 2. The Morgan fingerprint density at radius 3 is 2.50 bits per heavy atom. The van der Waals surface area contributed by atoms with Crippen molar-refractivity contribution >= 4 is 6.09 Å². The molecule has 130 valence electrons. The van der Waals surface area contributed by atoms with Gasteiger partial charge >= 0.3 is 6.09 Å². The summed E-state index contributed by atoms with van der Waals surface area (Å²) in [6.07, 6.45) is -0.818. The fraction of sp³-hybridized carbons (Fsp3) is 0.938. The molecule has 1 heterocycles. The molecule has 0 saturated carbocycles. The average molecular weight is 316 g/mol. The summed E-state index contributed by atoms with van der Waals surface area (Å²) >= 11 is 0. The van der Waals surface area contributed by atoms with Crippen LogP contribution in [0.15, 0.2) is 0 Å². The van der Waals surface area contributed by atoms with Crippen molar-refractivity contribution in [1.82, 2.24) is 10.2 Å². The number of amides is 1. The van der Waals surface area contributed by atoms with Gasteiger partial charge in [-0.3, -0.25) is 4.90 Å². The minimum Gasteiger partial charge on any atom is -0.444 e. The van der Waals surface area contributed by atoms with Crippen LogP contribution < -0.4 is 5.32 Å². The number of alkyl carbamates (subject to hydrolysis) is 1. The van der Waals surface area contributed by atoms with Crippen molar-refractivity contribution in [1.29, 1.82) is 0 Å². The Balaban J connectivity index is 2.46. The molecule has 6 nitrogen and oxygen atoms in total. The third-order valence-corrected chi connectivity index (χ3v) is 3.96. The summed E-state index contributed by atoms with van der Waals surface area (Å²) < 4.78 is 10.6. The van der Waals surface area contributed by atoms with Crippen molar-refractivity contribution in [3.05, 3.63) is 0 Å². The van der Waals surface area contributed by atoms with E-state index < -0.39 is 11.7 Å². The van der Waals surface area contributed by atoms with E-state index in [0.29, 0.717) is 25.7 Å². The molecular formula is C16H32N2O4. The van der Waals surface area contributed by atoms with Crippen LogP contribution in [0.4, 0.5) is 4.79 Å². The maximum absolute atomic E-state index is 11.8. The van der Waals surface area contributed by atoms with Crippen LogP contribution in [0.1, 0.15) is 34.6 Å². The molecule has 0 bridgehead atoms. The molecule has 0 spiro atoms. The van der Waals surface area contributed by atoms with Crippen molar-refractivity contribution < 1.29 is 19.4 Å². The Morgan fingerprint density at radius 2 is 2.05 bits per heavy atom. The van der Waals surface area contributed by atoms with E-state index in [9.17, 15) is 9.90 Å². The standard InChI is InChI=1S/C16H32N2O4/c1-11(2)12(7-17-15(20)22-16(3,4)5)8-18(6)13-9-21-10-14(13)19/h11-14,19H,7-10H2,1-6H3,(H,17,20)/t12?,13-,14-/m1/s1. The van der Waals surface area contributed by atoms with Gasteiger partial charge in [-0.05, 0) is 39.7 Å². The van der Waals surface area contributed by atoms with E-state index >= 15 is 0 Å². The number of aliphatic hydroxyl groups excluding tert-OH is 1. The third-order valence-electron chi connectivity index (χ3n) is 3.96. The number of hydrogen-bond donors (Lipinski definition) is 2. The average Bonchev–Trinajstić information content (AvgIpc) is 2.78. The molecule has 1 aliphatic heterocycles. The maximum Gasteiger partial charge on any atom is 0.407 e. The molecule has 3 atom stereocenters. The molecule has 1 aliphatic rings. The van der Waals surface area contributed by atoms with Gasteiger partial charge in [-0.25, -0.2) is 4.79 Å². The Labute approximate surface area is 134 Å². The lowest BCUT2D eigenvalue weighted by Crippen LogP contribution is -2.46. The van der Waals surface area contributed by atoms with Crippen molar-refractivity contribution in [3.8, 4) is 0 Å². The first kappa shape index (κ1) is 19.2. The van der Waals surface area contributed by atoms with E-state index in [1.807, 2.05) is 27.8 Å². The van der Waals surface area contributed by atoms with Crippen LogP contribution in [-0.4, -0.2) is 67.2 Å². The highest BCUT2D eigenvalue weighted by Crippen LogP contribution is 2.17. The lowest BCUT2D eigenvalue weighted by atomic mass is 9.94. The highest BCUT2D eigenvalue weighted by atomic mass is 16.6. The van der Waals surface area contributed by atoms with Crippen molar-refractivity contribution in [2.45, 2.75) is 52.4 Å². The predicted molar refractivity (Wildman–Crippen MR) is 85.8 cm³/mol. The number of rotatable bonds is 6. The van der Waals surface area contributed by atoms with Crippen molar-refractivity contribution in [2.75, 3.05) is 33.4 Å². The van der Waals surface area contributed by atoms with E-state index in [4.69, 9.17) is 9.47 Å². The Morgan fingerprint density at radius 1 is 1.41 bits per heavy atom. The molecule has 0 aromatic carbocycles. The van der Waals surface area contributed by atoms with Crippen LogP contribution in [0.5, 0.6) is 0 Å². The number of carbonyl (C=O) groups is 1. The first-order chi connectivity index (χ1) is 10.1. The molecule has 0 aromatic heterocycles. The molecule has 0 aliphatic carbocycles. The Hall–Kier alpha value is -0.850. The molecule has 1 fully saturated rings. The lowest BCUT2D eigenvalue weighted by Gasteiger charge is -2.31. The quantitative estimate of drug-likeness (QED) is 0.776. The van der Waals surface area contributed by atoms with Crippen molar-refractivity contribution in [3.63, 3.8) is 0 Å². The van der Waals surface area contributed by atoms with Gasteiger partial charge in [-0.1, -0.05) is 13.8 Å². The summed E-state index contributed by atoms with van der Waals surface area (Å²) in [5.74, 6) is 0.696. The SMILES string of the molecule is CC(C)C(CNC(=O)OC(C)(C)C)CN(C)[C@@H]1COC[C@H]1O. The van der Waals surface area contributed by atoms with E-state index in [1.165, 1.54) is 0 Å². The van der Waals surface area contributed by atoms with Crippen LogP contribution in [0.3, 0.4) is 0 Å². The van der Waals surface area contributed by atoms with Crippen molar-refractivity contribution in [2.24, 2.45) is 11.8 Å². The summed E-state index contributed by atoms with van der Waals surface area (Å²) in [5, 5.41) is 12.7. The zero-order chi connectivity index (χ0) is 16.9. The predicted octanol–water partition coefficient (Wildman–Crippen LogP) is 1.47. The van der Waals surface area contributed by atoms with Crippen LogP contribution >= 0.6 is 0 Å². The molecule has 0 radical (unpaired) electrons. The number of nitrogens with one attached hydrogen (secondary N) is 1. The number of likely N-dealkylation sites (N-methyl/N-ethyl adjacent to an activating group) is 1. The van der Waals surface area contributed by atoms with Gasteiger partial charge in [0.2, 0.25) is 0 Å². The normalized spacial score (nSPS) is 23.9. The molecule has 1 saturated heterocycles. The number of nitrogens with zero attached hydrogens (tertiary/aromatic N) is 1. The molecule has 0 aromatic rings. The van der Waals surface area contributed by atoms with Gasteiger partial charge in [0.15, 0.2) is 0 Å². The summed E-state index contributed by atoms with van der Waals surface area (Å²) in [5.41, 5.74) is -0.487. The smallest absolute Gasteiger partial charge is 0.407 e. The maximum atomic E-state index is 11.8. The van der Waals surface area contributed by atoms with Crippen LogP contribution in [-0.2, 0) is 9.47 Å². The summed E-state index contributed by atoms with van der Waals surface area (Å²) in [6.45, 7) is 12.1. The molecule has 2 N–H and O–H groups in total. The first-order valence-electron chi connectivity index (χ1n) is 8.03. The first-order valence-corrected chi connectivity index (χ1v) is 8.03. The second-order valence-electron chi connectivity index (χ2n) is 7.50. The summed E-state index contributed by atoms with van der Waals surface area (Å²) in [6, 6.07) is 0.0303. The van der Waals surface area contributed by atoms with Crippen LogP contribution in [0, 0.1) is 11.8 Å². The largest absolute Gasteiger partial charge is 0.444 e. The van der Waals surface area contributed by atoms with E-state index in [0.717, 1.165) is 6.54 Å². The van der Waals surface area contributed by atoms with E-state index in [1.54, 1.807) is 0 Å². The second-order valence-corrected chi connectivity index (χ2v) is 7.50. The fourth-order valence-electron chi connectivity index (χ4n) is 2.50. The minimum atomic E-state index is -0.487. The minimum absolute atomic E-state index is 0.0303. The zero-order valence-corrected chi connectivity index (χ0v) is 14.8. The monoisotopic (exact) mass is 316 g/mol. The Bertz CT molecular complexity index is 355. The third kappa shape index (κ3) is 6.50. The summed E-state index contributed by atoms with van der Waals surface area (Å²) in [4.78, 5) is 13.9. The van der Waals surface area contributed by atoms with E-state index in [2.05, 4.69) is 24.1 Å². The molecule has 6 heteroatoms. The molecule has 1 amide bonds. The Kier molecular flexibility index (Phi) is 7.09. The van der Waals surface area contributed by atoms with Gasteiger partial charge in [0.25, 0.3) is 0 Å². The highest BCUT2D eigenvalue weighted by molar-refractivity contribution is 5.67. The molecule has 22 heavy (non-hydrogen) atoms. The van der Waals surface area contributed by atoms with E-state index in [-0.39, 0.29) is 18.1 Å². The zero-order valence-electron chi connectivity index (χ0n) is 14.8. The molecule has 1 unspecified atom stereocenters. The lowest BCUT2D eigenvalue weighted by molar-refractivity contribution is 0.0493. The number of hydrogen-bond acceptors (Lipinski definition) is 5. The van der Waals surface area contributed by atoms with Gasteiger partial charge in [0, 0.05) is 13.1 Å². The van der Waals surface area contributed by atoms with Gasteiger partial charge in [-0.15, -0.1) is 0 Å². The fourth-order valence-corrected chi connectivity index (χ4v) is 2.50. The molecule has 1 rings (SSSR count). The van der Waals surface area contributed by atoms with Crippen LogP contribution in [0.2, 0.25) is 0 Å². The number of carbonyl (C=O) groups excluding carboxylic acids is 1. The van der Waals surface area contributed by atoms with Crippen LogP contribution in [0.25, 0.3) is 0 Å². The van der Waals surface area contributed by atoms with Gasteiger partial charge < -0.3 is 19.9 Å². The number of aliphatic hydroxyl groups is 1. The van der Waals surface area contributed by atoms with Gasteiger partial charge in [0.05, 0.1) is 25.4 Å². The highest BCUT2D eigenvalue weighted by Gasteiger charge is 2.31. The second kappa shape index (κ2) is 8.13. The summed E-state index contributed by atoms with van der Waals surface area (Å²) in [7, 11) is 1.99. The van der Waals surface area contributed by atoms with Gasteiger partial charge in [0.1, 0.15) is 5.60 Å². The van der Waals surface area contributed by atoms with Gasteiger partial charge in [-0.2, -0.15) is 0 Å². The topological polar surface area (TPSA) is 71.0 Å².